The minimum absolute atomic E-state index is 0.677. The molecule has 0 saturated carbocycles. The van der Waals surface area contributed by atoms with Crippen LogP contribution in [0.2, 0.25) is 0 Å². The molecule has 4 heteroatoms. The fraction of sp³-hybridized carbons (Fsp3) is 0.0769. The summed E-state index contributed by atoms with van der Waals surface area (Å²) in [4.78, 5) is 0. The highest BCUT2D eigenvalue weighted by molar-refractivity contribution is 5.50. The Balaban J connectivity index is 2.13. The number of benzene rings is 1. The van der Waals surface area contributed by atoms with E-state index in [1.54, 1.807) is 10.7 Å². The first-order valence-electron chi connectivity index (χ1n) is 5.37. The van der Waals surface area contributed by atoms with Crippen molar-refractivity contribution in [2.45, 2.75) is 6.10 Å². The van der Waals surface area contributed by atoms with E-state index in [2.05, 4.69) is 10.2 Å². The molecule has 1 N–H and O–H groups in total. The second-order valence-electron chi connectivity index (χ2n) is 3.84. The highest BCUT2D eigenvalue weighted by Gasteiger charge is 2.14. The van der Waals surface area contributed by atoms with Crippen LogP contribution in [0.15, 0.2) is 55.0 Å². The third kappa shape index (κ3) is 1.68. The van der Waals surface area contributed by atoms with Gasteiger partial charge in [0, 0.05) is 11.8 Å². The Morgan fingerprint density at radius 2 is 1.88 bits per heavy atom. The van der Waals surface area contributed by atoms with Crippen LogP contribution in [0.25, 0.3) is 5.65 Å². The van der Waals surface area contributed by atoms with Gasteiger partial charge in [-0.3, -0.25) is 4.40 Å². The highest BCUT2D eigenvalue weighted by Crippen LogP contribution is 2.23. The maximum Gasteiger partial charge on any atom is 0.166 e. The van der Waals surface area contributed by atoms with Crippen molar-refractivity contribution in [3.05, 3.63) is 66.1 Å². The van der Waals surface area contributed by atoms with Crippen LogP contribution in [0.3, 0.4) is 0 Å². The van der Waals surface area contributed by atoms with Gasteiger partial charge in [0.1, 0.15) is 12.4 Å². The van der Waals surface area contributed by atoms with Gasteiger partial charge in [-0.25, -0.2) is 0 Å². The molecule has 0 bridgehead atoms. The largest absolute Gasteiger partial charge is 0.384 e. The summed E-state index contributed by atoms with van der Waals surface area (Å²) in [5.74, 6) is 0. The molecule has 0 aliphatic carbocycles. The van der Waals surface area contributed by atoms with Crippen molar-refractivity contribution in [3.63, 3.8) is 0 Å². The SMILES string of the molecule is OC(c1ccccc1)c1cccn2cnnc12. The molecule has 1 unspecified atom stereocenters. The summed E-state index contributed by atoms with van der Waals surface area (Å²) in [7, 11) is 0. The first-order valence-corrected chi connectivity index (χ1v) is 5.37. The molecule has 1 aromatic carbocycles. The van der Waals surface area contributed by atoms with Gasteiger partial charge in [-0.05, 0) is 11.6 Å². The molecule has 2 aromatic heterocycles. The van der Waals surface area contributed by atoms with Crippen LogP contribution in [0, 0.1) is 0 Å². The summed E-state index contributed by atoms with van der Waals surface area (Å²) >= 11 is 0. The Morgan fingerprint density at radius 3 is 2.71 bits per heavy atom. The van der Waals surface area contributed by atoms with E-state index in [9.17, 15) is 5.11 Å². The lowest BCUT2D eigenvalue weighted by molar-refractivity contribution is 0.221. The van der Waals surface area contributed by atoms with Gasteiger partial charge >= 0.3 is 0 Å². The number of fused-ring (bicyclic) bond motifs is 1. The van der Waals surface area contributed by atoms with Crippen molar-refractivity contribution in [1.82, 2.24) is 14.6 Å². The Morgan fingerprint density at radius 1 is 1.06 bits per heavy atom. The molecule has 3 aromatic rings. The molecule has 1 atom stereocenters. The van der Waals surface area contributed by atoms with E-state index < -0.39 is 6.10 Å². The summed E-state index contributed by atoms with van der Waals surface area (Å²) in [6.07, 6.45) is 2.80. The molecule has 0 aliphatic rings. The standard InChI is InChI=1S/C13H11N3O/c17-12(10-5-2-1-3-6-10)11-7-4-8-16-9-14-15-13(11)16/h1-9,12,17H. The predicted octanol–water partition coefficient (Wildman–Crippen LogP) is 1.81. The maximum absolute atomic E-state index is 10.3. The van der Waals surface area contributed by atoms with E-state index in [0.29, 0.717) is 5.65 Å². The highest BCUT2D eigenvalue weighted by atomic mass is 16.3. The second kappa shape index (κ2) is 3.99. The smallest absolute Gasteiger partial charge is 0.166 e. The number of aromatic nitrogens is 3. The molecule has 3 rings (SSSR count). The number of hydrogen-bond acceptors (Lipinski definition) is 3. The zero-order chi connectivity index (χ0) is 11.7. The third-order valence-electron chi connectivity index (χ3n) is 2.76. The topological polar surface area (TPSA) is 50.4 Å². The van der Waals surface area contributed by atoms with Gasteiger partial charge in [0.25, 0.3) is 0 Å². The molecule has 0 amide bonds. The van der Waals surface area contributed by atoms with Gasteiger partial charge < -0.3 is 5.11 Å². The lowest BCUT2D eigenvalue weighted by Crippen LogP contribution is -2.02. The number of pyridine rings is 1. The van der Waals surface area contributed by atoms with E-state index in [4.69, 9.17) is 0 Å². The molecular weight excluding hydrogens is 214 g/mol. The van der Waals surface area contributed by atoms with Crippen LogP contribution in [0.5, 0.6) is 0 Å². The van der Waals surface area contributed by atoms with E-state index in [0.717, 1.165) is 11.1 Å². The fourth-order valence-electron chi connectivity index (χ4n) is 1.90. The minimum atomic E-state index is -0.677. The summed E-state index contributed by atoms with van der Waals surface area (Å²) in [5.41, 5.74) is 2.30. The molecule has 84 valence electrons. The third-order valence-corrected chi connectivity index (χ3v) is 2.76. The number of nitrogens with zero attached hydrogens (tertiary/aromatic N) is 3. The lowest BCUT2D eigenvalue weighted by atomic mass is 10.0. The molecule has 4 nitrogen and oxygen atoms in total. The normalized spacial score (nSPS) is 12.8. The molecule has 0 spiro atoms. The molecule has 17 heavy (non-hydrogen) atoms. The van der Waals surface area contributed by atoms with E-state index in [-0.39, 0.29) is 0 Å². The van der Waals surface area contributed by atoms with Crippen LogP contribution in [0.1, 0.15) is 17.2 Å². The second-order valence-corrected chi connectivity index (χ2v) is 3.84. The molecule has 0 fully saturated rings. The van der Waals surface area contributed by atoms with Gasteiger partial charge in [0.05, 0.1) is 0 Å². The molecule has 0 radical (unpaired) electrons. The van der Waals surface area contributed by atoms with Crippen molar-refractivity contribution in [3.8, 4) is 0 Å². The van der Waals surface area contributed by atoms with Crippen LogP contribution >= 0.6 is 0 Å². The average molecular weight is 225 g/mol. The summed E-state index contributed by atoms with van der Waals surface area (Å²) < 4.78 is 1.79. The quantitative estimate of drug-likeness (QED) is 0.723. The Hall–Kier alpha value is -2.20. The van der Waals surface area contributed by atoms with Crippen molar-refractivity contribution < 1.29 is 5.11 Å². The number of aliphatic hydroxyl groups is 1. The van der Waals surface area contributed by atoms with E-state index >= 15 is 0 Å². The summed E-state index contributed by atoms with van der Waals surface area (Å²) in [6, 6.07) is 13.3. The minimum Gasteiger partial charge on any atom is -0.384 e. The van der Waals surface area contributed by atoms with Gasteiger partial charge in [0.15, 0.2) is 5.65 Å². The van der Waals surface area contributed by atoms with Crippen LogP contribution < -0.4 is 0 Å². The number of aliphatic hydroxyl groups excluding tert-OH is 1. The Kier molecular flexibility index (Phi) is 2.34. The van der Waals surface area contributed by atoms with Crippen molar-refractivity contribution in [2.24, 2.45) is 0 Å². The first-order chi connectivity index (χ1) is 8.36. The molecular formula is C13H11N3O. The van der Waals surface area contributed by atoms with Gasteiger partial charge in [-0.2, -0.15) is 0 Å². The molecule has 0 aliphatic heterocycles. The monoisotopic (exact) mass is 225 g/mol. The lowest BCUT2D eigenvalue weighted by Gasteiger charge is -2.11. The van der Waals surface area contributed by atoms with E-state index in [1.807, 2.05) is 48.7 Å². The molecule has 2 heterocycles. The van der Waals surface area contributed by atoms with Gasteiger partial charge in [-0.1, -0.05) is 36.4 Å². The Bertz CT molecular complexity index is 633. The number of rotatable bonds is 2. The molecule has 0 saturated heterocycles. The van der Waals surface area contributed by atoms with Gasteiger partial charge in [0.2, 0.25) is 0 Å². The van der Waals surface area contributed by atoms with Crippen molar-refractivity contribution in [1.29, 1.82) is 0 Å². The Labute approximate surface area is 98.2 Å². The summed E-state index contributed by atoms with van der Waals surface area (Å²) in [6.45, 7) is 0. The first kappa shape index (κ1) is 9.99. The zero-order valence-corrected chi connectivity index (χ0v) is 9.06. The van der Waals surface area contributed by atoms with Crippen molar-refractivity contribution >= 4 is 5.65 Å². The predicted molar refractivity (Wildman–Crippen MR) is 63.5 cm³/mol. The van der Waals surface area contributed by atoms with Crippen LogP contribution in [0.4, 0.5) is 0 Å². The maximum atomic E-state index is 10.3. The van der Waals surface area contributed by atoms with E-state index in [1.165, 1.54) is 0 Å². The van der Waals surface area contributed by atoms with Gasteiger partial charge in [-0.15, -0.1) is 10.2 Å². The fourth-order valence-corrected chi connectivity index (χ4v) is 1.90. The summed E-state index contributed by atoms with van der Waals surface area (Å²) in [5, 5.41) is 18.2. The van der Waals surface area contributed by atoms with Crippen molar-refractivity contribution in [2.75, 3.05) is 0 Å². The number of hydrogen-bond donors (Lipinski definition) is 1. The van der Waals surface area contributed by atoms with Crippen LogP contribution in [-0.2, 0) is 0 Å². The average Bonchev–Trinajstić information content (AvgIpc) is 2.87. The zero-order valence-electron chi connectivity index (χ0n) is 9.06. The van der Waals surface area contributed by atoms with Crippen LogP contribution in [-0.4, -0.2) is 19.7 Å².